The highest BCUT2D eigenvalue weighted by Crippen LogP contribution is 2.23. The lowest BCUT2D eigenvalue weighted by Crippen LogP contribution is -2.14. The highest BCUT2D eigenvalue weighted by atomic mass is 32.2. The molecule has 0 bridgehead atoms. The highest BCUT2D eigenvalue weighted by Gasteiger charge is 2.14. The summed E-state index contributed by atoms with van der Waals surface area (Å²) < 4.78 is 28.5. The Morgan fingerprint density at radius 2 is 1.88 bits per heavy atom. The van der Waals surface area contributed by atoms with E-state index in [4.69, 9.17) is 4.74 Å². The number of nitrogens with one attached hydrogen (secondary N) is 1. The minimum absolute atomic E-state index is 0.149. The Labute approximate surface area is 151 Å². The molecule has 1 aromatic heterocycles. The van der Waals surface area contributed by atoms with Crippen LogP contribution in [-0.2, 0) is 9.84 Å². The maximum Gasteiger partial charge on any atom is 0.257 e. The number of aryl methyl sites for hydroxylation is 1. The Hall–Kier alpha value is -2.93. The number of ether oxygens (including phenoxy) is 1. The fraction of sp³-hybridized carbons (Fsp3) is 0.158. The molecule has 7 heteroatoms. The molecule has 26 heavy (non-hydrogen) atoms. The zero-order valence-electron chi connectivity index (χ0n) is 14.6. The Balaban J connectivity index is 1.94. The molecule has 0 saturated carbocycles. The van der Waals surface area contributed by atoms with Gasteiger partial charge in [0.25, 0.3) is 5.91 Å². The van der Waals surface area contributed by atoms with Crippen molar-refractivity contribution in [2.45, 2.75) is 11.8 Å². The number of rotatable bonds is 4. The molecular weight excluding hydrogens is 352 g/mol. The number of hydrogen-bond donors (Lipinski definition) is 1. The van der Waals surface area contributed by atoms with E-state index >= 15 is 0 Å². The van der Waals surface area contributed by atoms with E-state index < -0.39 is 9.84 Å². The number of methoxy groups -OCH3 is 1. The monoisotopic (exact) mass is 370 g/mol. The second-order valence-electron chi connectivity index (χ2n) is 5.93. The normalized spacial score (nSPS) is 11.3. The molecule has 1 heterocycles. The maximum atomic E-state index is 12.6. The Bertz CT molecular complexity index is 1110. The number of fused-ring (bicyclic) bond motifs is 1. The minimum atomic E-state index is -3.34. The summed E-state index contributed by atoms with van der Waals surface area (Å²) in [6.07, 6.45) is 1.12. The fourth-order valence-electron chi connectivity index (χ4n) is 2.60. The van der Waals surface area contributed by atoms with Gasteiger partial charge in [-0.1, -0.05) is 6.07 Å². The van der Waals surface area contributed by atoms with Crippen LogP contribution in [0.1, 0.15) is 16.1 Å². The summed E-state index contributed by atoms with van der Waals surface area (Å²) in [6, 6.07) is 13.3. The first-order valence-electron chi connectivity index (χ1n) is 7.85. The van der Waals surface area contributed by atoms with E-state index in [-0.39, 0.29) is 10.8 Å². The highest BCUT2D eigenvalue weighted by molar-refractivity contribution is 7.90. The number of amides is 1. The summed E-state index contributed by atoms with van der Waals surface area (Å²) in [6.45, 7) is 1.75. The number of benzene rings is 2. The molecule has 0 fully saturated rings. The lowest BCUT2D eigenvalue weighted by Gasteiger charge is -2.10. The van der Waals surface area contributed by atoms with Gasteiger partial charge < -0.3 is 10.1 Å². The first kappa shape index (κ1) is 17.9. The first-order valence-corrected chi connectivity index (χ1v) is 9.74. The van der Waals surface area contributed by atoms with Gasteiger partial charge in [0.2, 0.25) is 0 Å². The minimum Gasteiger partial charge on any atom is -0.497 e. The number of hydrogen-bond acceptors (Lipinski definition) is 5. The fourth-order valence-corrected chi connectivity index (χ4v) is 3.27. The van der Waals surface area contributed by atoms with Crippen molar-refractivity contribution in [3.05, 3.63) is 59.8 Å². The predicted octanol–water partition coefficient (Wildman–Crippen LogP) is 3.21. The molecule has 2 aromatic carbocycles. The molecule has 1 amide bonds. The summed E-state index contributed by atoms with van der Waals surface area (Å²) in [4.78, 5) is 17.3. The van der Waals surface area contributed by atoms with Gasteiger partial charge in [-0.2, -0.15) is 0 Å². The molecule has 0 radical (unpaired) electrons. The Morgan fingerprint density at radius 3 is 2.58 bits per heavy atom. The summed E-state index contributed by atoms with van der Waals surface area (Å²) >= 11 is 0. The zero-order valence-corrected chi connectivity index (χ0v) is 15.4. The number of carbonyl (C=O) groups is 1. The summed E-state index contributed by atoms with van der Waals surface area (Å²) in [5.41, 5.74) is 2.14. The first-order chi connectivity index (χ1) is 12.3. The molecule has 0 unspecified atom stereocenters. The van der Waals surface area contributed by atoms with Crippen molar-refractivity contribution >= 4 is 32.3 Å². The third-order valence-electron chi connectivity index (χ3n) is 3.98. The van der Waals surface area contributed by atoms with E-state index in [0.29, 0.717) is 22.7 Å². The van der Waals surface area contributed by atoms with Crippen LogP contribution in [0.2, 0.25) is 0 Å². The molecule has 1 N–H and O–H groups in total. The number of aromatic nitrogens is 1. The van der Waals surface area contributed by atoms with E-state index in [9.17, 15) is 13.2 Å². The maximum absolute atomic E-state index is 12.6. The largest absolute Gasteiger partial charge is 0.497 e. The van der Waals surface area contributed by atoms with Crippen molar-refractivity contribution in [3.8, 4) is 5.75 Å². The third kappa shape index (κ3) is 3.67. The lowest BCUT2D eigenvalue weighted by atomic mass is 10.1. The van der Waals surface area contributed by atoms with Crippen LogP contribution < -0.4 is 10.1 Å². The van der Waals surface area contributed by atoms with Crippen LogP contribution in [0.4, 0.5) is 5.69 Å². The van der Waals surface area contributed by atoms with Gasteiger partial charge in [0.05, 0.1) is 28.8 Å². The average molecular weight is 370 g/mol. The number of carbonyl (C=O) groups excluding carboxylic acids is 1. The molecule has 0 aliphatic carbocycles. The van der Waals surface area contributed by atoms with Gasteiger partial charge in [-0.05, 0) is 43.3 Å². The summed E-state index contributed by atoms with van der Waals surface area (Å²) in [5, 5.41) is 3.54. The molecule has 6 nitrogen and oxygen atoms in total. The van der Waals surface area contributed by atoms with Gasteiger partial charge in [-0.25, -0.2) is 8.42 Å². The van der Waals surface area contributed by atoms with Crippen LogP contribution in [0.25, 0.3) is 10.9 Å². The third-order valence-corrected chi connectivity index (χ3v) is 5.09. The molecule has 0 aliphatic heterocycles. The van der Waals surface area contributed by atoms with Gasteiger partial charge in [-0.3, -0.25) is 9.78 Å². The van der Waals surface area contributed by atoms with Crippen molar-refractivity contribution in [1.82, 2.24) is 4.98 Å². The average Bonchev–Trinajstić information content (AvgIpc) is 2.60. The van der Waals surface area contributed by atoms with Crippen molar-refractivity contribution in [2.75, 3.05) is 18.7 Å². The lowest BCUT2D eigenvalue weighted by molar-refractivity contribution is 0.102. The molecule has 0 spiro atoms. The molecule has 3 aromatic rings. The molecule has 0 aliphatic rings. The van der Waals surface area contributed by atoms with E-state index in [1.54, 1.807) is 44.4 Å². The molecular formula is C19H18N2O4S. The van der Waals surface area contributed by atoms with Gasteiger partial charge in [0.15, 0.2) is 9.84 Å². The van der Waals surface area contributed by atoms with Gasteiger partial charge in [0, 0.05) is 23.4 Å². The van der Waals surface area contributed by atoms with Crippen molar-refractivity contribution < 1.29 is 17.9 Å². The van der Waals surface area contributed by atoms with Gasteiger partial charge in [0.1, 0.15) is 5.75 Å². The standard InChI is InChI=1S/C19H18N2O4S/c1-12-17(9-13-7-8-15(25-2)11-18(13)20-12)19(22)21-14-5-4-6-16(10-14)26(3,23)24/h4-11H,1-3H3,(H,21,22). The zero-order chi connectivity index (χ0) is 18.9. The van der Waals surface area contributed by atoms with Crippen LogP contribution in [0, 0.1) is 6.92 Å². The van der Waals surface area contributed by atoms with Crippen LogP contribution >= 0.6 is 0 Å². The van der Waals surface area contributed by atoms with E-state index in [1.807, 2.05) is 6.07 Å². The van der Waals surface area contributed by atoms with Crippen LogP contribution in [0.15, 0.2) is 53.4 Å². The van der Waals surface area contributed by atoms with Crippen molar-refractivity contribution in [1.29, 1.82) is 0 Å². The van der Waals surface area contributed by atoms with Gasteiger partial charge in [-0.15, -0.1) is 0 Å². The van der Waals surface area contributed by atoms with Crippen LogP contribution in [0.5, 0.6) is 5.75 Å². The van der Waals surface area contributed by atoms with E-state index in [1.165, 1.54) is 12.1 Å². The quantitative estimate of drug-likeness (QED) is 0.762. The second-order valence-corrected chi connectivity index (χ2v) is 7.95. The molecule has 3 rings (SSSR count). The van der Waals surface area contributed by atoms with Gasteiger partial charge >= 0.3 is 0 Å². The Kier molecular flexibility index (Phi) is 4.65. The summed E-state index contributed by atoms with van der Waals surface area (Å²) in [7, 11) is -1.76. The SMILES string of the molecule is COc1ccc2cc(C(=O)Nc3cccc(S(C)(=O)=O)c3)c(C)nc2c1. The number of nitrogens with zero attached hydrogens (tertiary/aromatic N) is 1. The van der Waals surface area contributed by atoms with E-state index in [2.05, 4.69) is 10.3 Å². The number of pyridine rings is 1. The Morgan fingerprint density at radius 1 is 1.12 bits per heavy atom. The second kappa shape index (κ2) is 6.76. The van der Waals surface area contributed by atoms with Crippen LogP contribution in [0.3, 0.4) is 0 Å². The van der Waals surface area contributed by atoms with Crippen molar-refractivity contribution in [3.63, 3.8) is 0 Å². The number of anilines is 1. The number of sulfone groups is 1. The van der Waals surface area contributed by atoms with Crippen molar-refractivity contribution in [2.24, 2.45) is 0 Å². The molecule has 0 atom stereocenters. The predicted molar refractivity (Wildman–Crippen MR) is 101 cm³/mol. The molecule has 134 valence electrons. The topological polar surface area (TPSA) is 85.4 Å². The molecule has 0 saturated heterocycles. The van der Waals surface area contributed by atoms with E-state index in [0.717, 1.165) is 17.2 Å². The summed E-state index contributed by atoms with van der Waals surface area (Å²) in [5.74, 6) is 0.345. The smallest absolute Gasteiger partial charge is 0.257 e. The van der Waals surface area contributed by atoms with Crippen LogP contribution in [-0.4, -0.2) is 32.7 Å².